The summed E-state index contributed by atoms with van der Waals surface area (Å²) in [5.41, 5.74) is 5.32. The number of benzene rings is 2. The minimum Gasteiger partial charge on any atom is -0.230 e. The molecule has 0 aliphatic rings. The lowest BCUT2D eigenvalue weighted by Gasteiger charge is -2.00. The highest BCUT2D eigenvalue weighted by Crippen LogP contribution is 2.17. The van der Waals surface area contributed by atoms with Gasteiger partial charge in [0.05, 0.1) is 25.2 Å². The molecule has 4 aromatic rings. The van der Waals surface area contributed by atoms with Crippen LogP contribution in [0.4, 0.5) is 0 Å². The second-order valence-corrected chi connectivity index (χ2v) is 8.30. The lowest BCUT2D eigenvalue weighted by Crippen LogP contribution is -2.35. The summed E-state index contributed by atoms with van der Waals surface area (Å²) in [5, 5.41) is 0. The maximum atomic E-state index is 2.41. The van der Waals surface area contributed by atoms with Crippen LogP contribution in [0.15, 0.2) is 61.2 Å². The predicted octanol–water partition coefficient (Wildman–Crippen LogP) is 4.81. The minimum absolute atomic E-state index is 0.476. The van der Waals surface area contributed by atoms with Crippen molar-refractivity contribution >= 4 is 22.1 Å². The van der Waals surface area contributed by atoms with Crippen LogP contribution in [0.3, 0.4) is 0 Å². The first kappa shape index (κ1) is 18.7. The van der Waals surface area contributed by atoms with Gasteiger partial charge in [-0.25, -0.2) is 18.3 Å². The zero-order chi connectivity index (χ0) is 19.7. The molecular formula is C24H32N4+2. The highest BCUT2D eigenvalue weighted by Gasteiger charge is 2.18. The molecule has 0 bridgehead atoms. The van der Waals surface area contributed by atoms with Gasteiger partial charge in [0.25, 0.3) is 0 Å². The summed E-state index contributed by atoms with van der Waals surface area (Å²) in [6, 6.07) is 18.4. The molecule has 4 rings (SSSR count). The van der Waals surface area contributed by atoms with E-state index >= 15 is 0 Å². The van der Waals surface area contributed by atoms with Crippen LogP contribution in [-0.4, -0.2) is 9.13 Å². The van der Waals surface area contributed by atoms with Gasteiger partial charge in [0.1, 0.15) is 0 Å². The van der Waals surface area contributed by atoms with Crippen molar-refractivity contribution in [1.82, 2.24) is 9.13 Å². The normalized spacial score (nSPS) is 12.1. The Morgan fingerprint density at radius 3 is 1.43 bits per heavy atom. The van der Waals surface area contributed by atoms with Crippen molar-refractivity contribution in [1.29, 1.82) is 0 Å². The maximum absolute atomic E-state index is 2.41. The number of aromatic nitrogens is 4. The maximum Gasteiger partial charge on any atom is 0.244 e. The van der Waals surface area contributed by atoms with E-state index in [1.165, 1.54) is 34.9 Å². The van der Waals surface area contributed by atoms with E-state index < -0.39 is 0 Å². The second kappa shape index (κ2) is 7.78. The lowest BCUT2D eigenvalue weighted by atomic mass is 10.2. The van der Waals surface area contributed by atoms with E-state index in [2.05, 4.69) is 107 Å². The van der Waals surface area contributed by atoms with Crippen LogP contribution in [0.2, 0.25) is 0 Å². The third-order valence-electron chi connectivity index (χ3n) is 5.63. The van der Waals surface area contributed by atoms with E-state index in [1.807, 2.05) is 0 Å². The quantitative estimate of drug-likeness (QED) is 0.325. The molecule has 0 saturated heterocycles. The van der Waals surface area contributed by atoms with Gasteiger partial charge >= 0.3 is 0 Å². The first-order valence-corrected chi connectivity index (χ1v) is 10.5. The van der Waals surface area contributed by atoms with Gasteiger partial charge in [0.15, 0.2) is 22.1 Å². The van der Waals surface area contributed by atoms with Gasteiger partial charge in [0, 0.05) is 0 Å². The van der Waals surface area contributed by atoms with E-state index in [1.54, 1.807) is 0 Å². The van der Waals surface area contributed by atoms with Crippen LogP contribution in [0.25, 0.3) is 22.1 Å². The zero-order valence-electron chi connectivity index (χ0n) is 17.5. The summed E-state index contributed by atoms with van der Waals surface area (Å²) in [4.78, 5) is 0. The van der Waals surface area contributed by atoms with E-state index in [4.69, 9.17) is 0 Å². The van der Waals surface area contributed by atoms with Crippen molar-refractivity contribution in [3.63, 3.8) is 0 Å². The van der Waals surface area contributed by atoms with Gasteiger partial charge in [-0.1, -0.05) is 24.3 Å². The van der Waals surface area contributed by atoms with Gasteiger partial charge < -0.3 is 0 Å². The van der Waals surface area contributed by atoms with Gasteiger partial charge in [0.2, 0.25) is 12.7 Å². The Balaban J connectivity index is 1.47. The van der Waals surface area contributed by atoms with Crippen LogP contribution in [0.5, 0.6) is 0 Å². The molecule has 28 heavy (non-hydrogen) atoms. The van der Waals surface area contributed by atoms with Gasteiger partial charge in [-0.15, -0.1) is 0 Å². The summed E-state index contributed by atoms with van der Waals surface area (Å²) in [7, 11) is 0. The fourth-order valence-electron chi connectivity index (χ4n) is 4.14. The molecular weight excluding hydrogens is 344 g/mol. The number of fused-ring (bicyclic) bond motifs is 2. The van der Waals surface area contributed by atoms with Crippen molar-refractivity contribution in [3.8, 4) is 0 Å². The molecule has 0 N–H and O–H groups in total. The summed E-state index contributed by atoms with van der Waals surface area (Å²) in [5.74, 6) is 0. The molecule has 2 heterocycles. The van der Waals surface area contributed by atoms with Crippen LogP contribution < -0.4 is 9.13 Å². The minimum atomic E-state index is 0.476. The fourth-order valence-corrected chi connectivity index (χ4v) is 4.14. The third kappa shape index (κ3) is 3.44. The first-order chi connectivity index (χ1) is 13.6. The molecule has 0 atom stereocenters. The zero-order valence-corrected chi connectivity index (χ0v) is 17.5. The Labute approximate surface area is 167 Å². The molecule has 4 heteroatoms. The first-order valence-electron chi connectivity index (χ1n) is 10.5. The molecule has 0 fully saturated rings. The Morgan fingerprint density at radius 1 is 0.643 bits per heavy atom. The number of hydrogen-bond donors (Lipinski definition) is 0. The van der Waals surface area contributed by atoms with Crippen LogP contribution in [0.1, 0.15) is 52.6 Å². The topological polar surface area (TPSA) is 17.6 Å². The molecule has 2 aromatic heterocycles. The summed E-state index contributed by atoms with van der Waals surface area (Å²) < 4.78 is 9.58. The highest BCUT2D eigenvalue weighted by atomic mass is 15.2. The molecule has 2 aromatic carbocycles. The molecule has 0 amide bonds. The second-order valence-electron chi connectivity index (χ2n) is 8.30. The molecule has 4 nitrogen and oxygen atoms in total. The number of nitrogens with zero attached hydrogens (tertiary/aromatic N) is 4. The Kier molecular flexibility index (Phi) is 5.21. The smallest absolute Gasteiger partial charge is 0.230 e. The van der Waals surface area contributed by atoms with Crippen molar-refractivity contribution in [2.24, 2.45) is 0 Å². The molecule has 0 spiro atoms. The number of hydrogen-bond acceptors (Lipinski definition) is 0. The standard InChI is InChI=1S/C24H32N4/c1-19(2)27-17-25(21-11-5-7-13-23(21)27)15-9-10-16-26-18-28(20(3)4)24-14-8-6-12-22(24)26/h5-8,11-14,17-20H,9-10,15-16H2,1-4H3/q+2. The van der Waals surface area contributed by atoms with Gasteiger partial charge in [-0.3, -0.25) is 0 Å². The summed E-state index contributed by atoms with van der Waals surface area (Å²) in [6.07, 6.45) is 6.91. The average molecular weight is 377 g/mol. The molecule has 0 aliphatic heterocycles. The van der Waals surface area contributed by atoms with Gasteiger partial charge in [-0.05, 0) is 64.8 Å². The predicted molar refractivity (Wildman–Crippen MR) is 114 cm³/mol. The Bertz CT molecular complexity index is 997. The van der Waals surface area contributed by atoms with Crippen molar-refractivity contribution in [2.45, 2.75) is 65.7 Å². The molecule has 0 unspecified atom stereocenters. The largest absolute Gasteiger partial charge is 0.244 e. The highest BCUT2D eigenvalue weighted by molar-refractivity contribution is 5.72. The number of aryl methyl sites for hydroxylation is 2. The van der Waals surface area contributed by atoms with Gasteiger partial charge in [-0.2, -0.15) is 0 Å². The summed E-state index contributed by atoms with van der Waals surface area (Å²) in [6.45, 7) is 11.1. The molecule has 0 radical (unpaired) electrons. The molecule has 0 saturated carbocycles. The third-order valence-corrected chi connectivity index (χ3v) is 5.63. The van der Waals surface area contributed by atoms with E-state index in [0.717, 1.165) is 13.1 Å². The van der Waals surface area contributed by atoms with E-state index in [9.17, 15) is 0 Å². The monoisotopic (exact) mass is 376 g/mol. The van der Waals surface area contributed by atoms with E-state index in [-0.39, 0.29) is 0 Å². The number of rotatable bonds is 7. The lowest BCUT2D eigenvalue weighted by molar-refractivity contribution is -0.684. The SMILES string of the molecule is CC(C)n1c[n+](CCCC[n+]2cn(C(C)C)c3ccccc32)c2ccccc21. The van der Waals surface area contributed by atoms with Crippen LogP contribution >= 0.6 is 0 Å². The van der Waals surface area contributed by atoms with Crippen LogP contribution in [0, 0.1) is 0 Å². The van der Waals surface area contributed by atoms with Crippen LogP contribution in [-0.2, 0) is 13.1 Å². The fraction of sp³-hybridized carbons (Fsp3) is 0.417. The summed E-state index contributed by atoms with van der Waals surface area (Å²) >= 11 is 0. The Hall–Kier alpha value is -2.62. The molecule has 146 valence electrons. The van der Waals surface area contributed by atoms with Crippen molar-refractivity contribution in [3.05, 3.63) is 61.2 Å². The van der Waals surface area contributed by atoms with Crippen molar-refractivity contribution < 1.29 is 9.13 Å². The molecule has 0 aliphatic carbocycles. The number of para-hydroxylation sites is 4. The average Bonchev–Trinajstić information content (AvgIpc) is 3.24. The number of unbranched alkanes of at least 4 members (excludes halogenated alkanes) is 1. The van der Waals surface area contributed by atoms with E-state index in [0.29, 0.717) is 12.1 Å². The number of imidazole rings is 2. The Morgan fingerprint density at radius 2 is 1.04 bits per heavy atom. The van der Waals surface area contributed by atoms with Crippen molar-refractivity contribution in [2.75, 3.05) is 0 Å².